The maximum atomic E-state index is 12.5. The third-order valence-corrected chi connectivity index (χ3v) is 2.55. The maximum Gasteiger partial charge on any atom is 0.416 e. The fourth-order valence-electron chi connectivity index (χ4n) is 1.11. The molecule has 18 heavy (non-hydrogen) atoms. The summed E-state index contributed by atoms with van der Waals surface area (Å²) in [4.78, 5) is 11.7. The molecule has 0 spiro atoms. The summed E-state index contributed by atoms with van der Waals surface area (Å²) in [5, 5.41) is 2.46. The van der Waals surface area contributed by atoms with Crippen molar-refractivity contribution in [3.8, 4) is 0 Å². The second-order valence-corrected chi connectivity index (χ2v) is 5.30. The number of benzene rings is 1. The molecule has 0 saturated heterocycles. The normalized spacial score (nSPS) is 12.4. The van der Waals surface area contributed by atoms with E-state index in [0.29, 0.717) is 0 Å². The SMILES string of the molecule is CC(C)(C)C(=O)Nc1cc(C(F)(F)F)ccc1Cl. The van der Waals surface area contributed by atoms with Gasteiger partial charge in [-0.3, -0.25) is 4.79 Å². The number of nitrogens with one attached hydrogen (secondary N) is 1. The highest BCUT2D eigenvalue weighted by atomic mass is 35.5. The Balaban J connectivity index is 3.06. The molecule has 0 unspecified atom stereocenters. The first kappa shape index (κ1) is 14.8. The molecule has 0 atom stereocenters. The number of hydrogen-bond acceptors (Lipinski definition) is 1. The van der Waals surface area contributed by atoms with E-state index >= 15 is 0 Å². The van der Waals surface area contributed by atoms with Gasteiger partial charge in [0.05, 0.1) is 16.3 Å². The molecule has 1 N–H and O–H groups in total. The zero-order valence-electron chi connectivity index (χ0n) is 10.2. The highest BCUT2D eigenvalue weighted by molar-refractivity contribution is 6.33. The van der Waals surface area contributed by atoms with Gasteiger partial charge in [-0.05, 0) is 18.2 Å². The number of carbonyl (C=O) groups is 1. The molecular weight excluding hydrogens is 267 g/mol. The molecule has 1 rings (SSSR count). The first-order valence-electron chi connectivity index (χ1n) is 5.20. The van der Waals surface area contributed by atoms with Crippen LogP contribution in [0.25, 0.3) is 0 Å². The number of amides is 1. The van der Waals surface area contributed by atoms with Gasteiger partial charge in [0.2, 0.25) is 5.91 Å². The molecule has 1 aromatic rings. The lowest BCUT2D eigenvalue weighted by atomic mass is 9.95. The highest BCUT2D eigenvalue weighted by Crippen LogP contribution is 2.34. The van der Waals surface area contributed by atoms with Gasteiger partial charge in [-0.1, -0.05) is 32.4 Å². The third kappa shape index (κ3) is 3.63. The summed E-state index contributed by atoms with van der Waals surface area (Å²) in [7, 11) is 0. The van der Waals surface area contributed by atoms with Gasteiger partial charge in [-0.15, -0.1) is 0 Å². The fraction of sp³-hybridized carbons (Fsp3) is 0.417. The molecule has 0 fully saturated rings. The van der Waals surface area contributed by atoms with Crippen LogP contribution in [0.15, 0.2) is 18.2 Å². The van der Waals surface area contributed by atoms with Crippen LogP contribution in [0.1, 0.15) is 26.3 Å². The van der Waals surface area contributed by atoms with Gasteiger partial charge in [-0.25, -0.2) is 0 Å². The second kappa shape index (κ2) is 4.80. The van der Waals surface area contributed by atoms with Crippen LogP contribution in [0, 0.1) is 5.41 Å². The van der Waals surface area contributed by atoms with Crippen LogP contribution in [0.5, 0.6) is 0 Å². The van der Waals surface area contributed by atoms with E-state index in [1.807, 2.05) is 0 Å². The van der Waals surface area contributed by atoms with Crippen molar-refractivity contribution < 1.29 is 18.0 Å². The molecule has 0 aliphatic heterocycles. The van der Waals surface area contributed by atoms with E-state index in [1.165, 1.54) is 0 Å². The van der Waals surface area contributed by atoms with Crippen molar-refractivity contribution >= 4 is 23.2 Å². The molecule has 0 saturated carbocycles. The molecular formula is C12H13ClF3NO. The maximum absolute atomic E-state index is 12.5. The van der Waals surface area contributed by atoms with E-state index in [9.17, 15) is 18.0 Å². The fourth-order valence-corrected chi connectivity index (χ4v) is 1.27. The quantitative estimate of drug-likeness (QED) is 0.814. The smallest absolute Gasteiger partial charge is 0.324 e. The molecule has 6 heteroatoms. The van der Waals surface area contributed by atoms with Crippen LogP contribution in [-0.2, 0) is 11.0 Å². The molecule has 0 bridgehead atoms. The molecule has 0 heterocycles. The van der Waals surface area contributed by atoms with Gasteiger partial charge in [0, 0.05) is 5.41 Å². The molecule has 100 valence electrons. The van der Waals surface area contributed by atoms with Crippen LogP contribution >= 0.6 is 11.6 Å². The Bertz CT molecular complexity index is 463. The minimum Gasteiger partial charge on any atom is -0.324 e. The number of halogens is 4. The van der Waals surface area contributed by atoms with Gasteiger partial charge >= 0.3 is 6.18 Å². The Morgan fingerprint density at radius 2 is 1.78 bits per heavy atom. The molecule has 0 aliphatic carbocycles. The van der Waals surface area contributed by atoms with Gasteiger partial charge < -0.3 is 5.32 Å². The van der Waals surface area contributed by atoms with Crippen molar-refractivity contribution in [1.29, 1.82) is 0 Å². The minimum absolute atomic E-state index is 0.0357. The predicted octanol–water partition coefficient (Wildman–Crippen LogP) is 4.34. The summed E-state index contributed by atoms with van der Waals surface area (Å²) in [6.07, 6.45) is -4.47. The van der Waals surface area contributed by atoms with Gasteiger partial charge in [0.25, 0.3) is 0 Å². The third-order valence-electron chi connectivity index (χ3n) is 2.22. The van der Waals surface area contributed by atoms with Crippen molar-refractivity contribution in [2.75, 3.05) is 5.32 Å². The van der Waals surface area contributed by atoms with Gasteiger partial charge in [-0.2, -0.15) is 13.2 Å². The molecule has 0 aromatic heterocycles. The highest BCUT2D eigenvalue weighted by Gasteiger charge is 2.31. The van der Waals surface area contributed by atoms with Crippen LogP contribution in [0.2, 0.25) is 5.02 Å². The van der Waals surface area contributed by atoms with Crippen molar-refractivity contribution in [3.63, 3.8) is 0 Å². The lowest BCUT2D eigenvalue weighted by molar-refractivity contribution is -0.137. The molecule has 1 amide bonds. The lowest BCUT2D eigenvalue weighted by Gasteiger charge is -2.19. The molecule has 0 aliphatic rings. The monoisotopic (exact) mass is 279 g/mol. The second-order valence-electron chi connectivity index (χ2n) is 4.90. The average molecular weight is 280 g/mol. The lowest BCUT2D eigenvalue weighted by Crippen LogP contribution is -2.27. The van der Waals surface area contributed by atoms with Crippen molar-refractivity contribution in [2.24, 2.45) is 5.41 Å². The van der Waals surface area contributed by atoms with E-state index in [2.05, 4.69) is 5.32 Å². The van der Waals surface area contributed by atoms with Gasteiger partial charge in [0.15, 0.2) is 0 Å². The topological polar surface area (TPSA) is 29.1 Å². The van der Waals surface area contributed by atoms with E-state index in [0.717, 1.165) is 18.2 Å². The van der Waals surface area contributed by atoms with Crippen molar-refractivity contribution in [2.45, 2.75) is 26.9 Å². The number of hydrogen-bond donors (Lipinski definition) is 1. The van der Waals surface area contributed by atoms with E-state index in [-0.39, 0.29) is 10.7 Å². The molecule has 1 aromatic carbocycles. The van der Waals surface area contributed by atoms with E-state index in [1.54, 1.807) is 20.8 Å². The van der Waals surface area contributed by atoms with Gasteiger partial charge in [0.1, 0.15) is 0 Å². The summed E-state index contributed by atoms with van der Waals surface area (Å²) in [5.74, 6) is -0.399. The largest absolute Gasteiger partial charge is 0.416 e. The van der Waals surface area contributed by atoms with Crippen LogP contribution in [0.3, 0.4) is 0 Å². The Morgan fingerprint density at radius 1 is 1.22 bits per heavy atom. The van der Waals surface area contributed by atoms with Crippen molar-refractivity contribution in [1.82, 2.24) is 0 Å². The zero-order chi connectivity index (χ0) is 14.1. The predicted molar refractivity (Wildman–Crippen MR) is 64.5 cm³/mol. The van der Waals surface area contributed by atoms with E-state index in [4.69, 9.17) is 11.6 Å². The first-order chi connectivity index (χ1) is 8.01. The standard InChI is InChI=1S/C12H13ClF3NO/c1-11(2,3)10(18)17-9-6-7(12(14,15)16)4-5-8(9)13/h4-6H,1-3H3,(H,17,18). The minimum atomic E-state index is -4.47. The summed E-state index contributed by atoms with van der Waals surface area (Å²) in [5.41, 5.74) is -1.60. The Kier molecular flexibility index (Phi) is 3.96. The van der Waals surface area contributed by atoms with Crippen LogP contribution in [0.4, 0.5) is 18.9 Å². The molecule has 0 radical (unpaired) electrons. The Hall–Kier alpha value is -1.23. The first-order valence-corrected chi connectivity index (χ1v) is 5.58. The number of anilines is 1. The Labute approximate surface area is 108 Å². The summed E-state index contributed by atoms with van der Waals surface area (Å²) < 4.78 is 37.5. The summed E-state index contributed by atoms with van der Waals surface area (Å²) >= 11 is 5.76. The average Bonchev–Trinajstić information content (AvgIpc) is 2.18. The van der Waals surface area contributed by atoms with E-state index < -0.39 is 23.1 Å². The Morgan fingerprint density at radius 3 is 2.22 bits per heavy atom. The summed E-state index contributed by atoms with van der Waals surface area (Å²) in [6.45, 7) is 4.97. The number of carbonyl (C=O) groups excluding carboxylic acids is 1. The summed E-state index contributed by atoms with van der Waals surface area (Å²) in [6, 6.07) is 2.81. The van der Waals surface area contributed by atoms with Crippen LogP contribution in [-0.4, -0.2) is 5.91 Å². The van der Waals surface area contributed by atoms with Crippen LogP contribution < -0.4 is 5.32 Å². The zero-order valence-corrected chi connectivity index (χ0v) is 10.9. The number of rotatable bonds is 1. The number of alkyl halides is 3. The molecule has 2 nitrogen and oxygen atoms in total. The van der Waals surface area contributed by atoms with Crippen molar-refractivity contribution in [3.05, 3.63) is 28.8 Å².